The van der Waals surface area contributed by atoms with Gasteiger partial charge in [0.2, 0.25) is 0 Å². The Labute approximate surface area is 317 Å². The van der Waals surface area contributed by atoms with Crippen LogP contribution in [-0.2, 0) is 12.8 Å². The maximum Gasteiger partial charge on any atom is 0.0487 e. The van der Waals surface area contributed by atoms with Gasteiger partial charge in [-0.05, 0) is 114 Å². The van der Waals surface area contributed by atoms with Crippen molar-refractivity contribution < 1.29 is 0 Å². The molecule has 0 saturated carbocycles. The number of anilines is 3. The molecule has 4 aliphatic rings. The molecule has 2 nitrogen and oxygen atoms in total. The Morgan fingerprint density at radius 1 is 0.604 bits per heavy atom. The van der Waals surface area contributed by atoms with Crippen molar-refractivity contribution in [1.29, 1.82) is 0 Å². The molecule has 9 rings (SSSR count). The molecule has 0 N–H and O–H groups in total. The summed E-state index contributed by atoms with van der Waals surface area (Å²) in [6, 6.07) is 47.9. The highest BCUT2D eigenvalue weighted by atomic mass is 32.3. The first kappa shape index (κ1) is 33.6. The maximum absolute atomic E-state index is 4.96. The average molecular weight is 709 g/mol. The molecule has 264 valence electrons. The smallest absolute Gasteiger partial charge is 0.0487 e. The van der Waals surface area contributed by atoms with Crippen molar-refractivity contribution in [3.63, 3.8) is 0 Å². The molecule has 5 aromatic rings. The molecular formula is C50H48N2S. The molecule has 3 heteroatoms. The van der Waals surface area contributed by atoms with Crippen LogP contribution in [0.5, 0.6) is 0 Å². The minimum absolute atomic E-state index is 0.0837. The fourth-order valence-corrected chi connectivity index (χ4v) is 14.9. The number of hydrogen-bond donors (Lipinski definition) is 0. The van der Waals surface area contributed by atoms with Crippen LogP contribution in [-0.4, -0.2) is 18.3 Å². The zero-order valence-corrected chi connectivity index (χ0v) is 31.7. The van der Waals surface area contributed by atoms with E-state index in [0.717, 1.165) is 32.4 Å². The SMILES string of the molecule is C=C1/C=C\C=C(\N2CCCc3ccccc32)C/C=C(/C)C1S(c1ccccc1)(c1ccccc1)C1C(C)=Cc2c1cccc2N1CCc2ccccc21. The van der Waals surface area contributed by atoms with E-state index in [1.54, 1.807) is 0 Å². The topological polar surface area (TPSA) is 6.48 Å². The molecule has 5 aromatic carbocycles. The normalized spacial score (nSPS) is 22.5. The zero-order chi connectivity index (χ0) is 35.9. The molecule has 2 atom stereocenters. The Bertz CT molecular complexity index is 2270. The second kappa shape index (κ2) is 14.0. The molecule has 2 unspecified atom stereocenters. The van der Waals surface area contributed by atoms with Crippen LogP contribution in [0.15, 0.2) is 190 Å². The summed E-state index contributed by atoms with van der Waals surface area (Å²) in [4.78, 5) is 7.92. The van der Waals surface area contributed by atoms with Crippen LogP contribution in [0.3, 0.4) is 0 Å². The number of aryl methyl sites for hydroxylation is 1. The highest BCUT2D eigenvalue weighted by molar-refractivity contribution is 8.34. The van der Waals surface area contributed by atoms with Gasteiger partial charge < -0.3 is 9.80 Å². The van der Waals surface area contributed by atoms with Crippen LogP contribution in [0, 0.1) is 0 Å². The molecule has 0 radical (unpaired) electrons. The van der Waals surface area contributed by atoms with Crippen LogP contribution >= 0.6 is 10.0 Å². The summed E-state index contributed by atoms with van der Waals surface area (Å²) >= 11 is 0. The van der Waals surface area contributed by atoms with Gasteiger partial charge in [-0.2, -0.15) is 10.0 Å². The van der Waals surface area contributed by atoms with E-state index in [2.05, 4.69) is 181 Å². The molecule has 0 saturated heterocycles. The van der Waals surface area contributed by atoms with Crippen LogP contribution in [0.4, 0.5) is 17.1 Å². The van der Waals surface area contributed by atoms with Gasteiger partial charge in [0, 0.05) is 58.3 Å². The summed E-state index contributed by atoms with van der Waals surface area (Å²) in [7, 11) is -1.89. The van der Waals surface area contributed by atoms with Gasteiger partial charge >= 0.3 is 0 Å². The van der Waals surface area contributed by atoms with Gasteiger partial charge in [0.25, 0.3) is 0 Å². The van der Waals surface area contributed by atoms with E-state index in [-0.39, 0.29) is 10.5 Å². The summed E-state index contributed by atoms with van der Waals surface area (Å²) in [5.41, 5.74) is 15.0. The van der Waals surface area contributed by atoms with Gasteiger partial charge in [-0.15, -0.1) is 0 Å². The van der Waals surface area contributed by atoms with Gasteiger partial charge in [0.15, 0.2) is 0 Å². The third-order valence-electron chi connectivity index (χ3n) is 11.8. The van der Waals surface area contributed by atoms with Gasteiger partial charge in [0.1, 0.15) is 0 Å². The van der Waals surface area contributed by atoms with Crippen LogP contribution < -0.4 is 9.80 Å². The number of para-hydroxylation sites is 2. The molecule has 0 aromatic heterocycles. The minimum atomic E-state index is -1.89. The van der Waals surface area contributed by atoms with E-state index >= 15 is 0 Å². The zero-order valence-electron chi connectivity index (χ0n) is 30.9. The molecule has 0 bridgehead atoms. The highest BCUT2D eigenvalue weighted by Crippen LogP contribution is 2.79. The molecule has 0 spiro atoms. The summed E-state index contributed by atoms with van der Waals surface area (Å²) in [5.74, 6) is 0. The lowest BCUT2D eigenvalue weighted by molar-refractivity contribution is 0.735. The average Bonchev–Trinajstić information content (AvgIpc) is 3.80. The molecule has 0 fully saturated rings. The summed E-state index contributed by atoms with van der Waals surface area (Å²) in [5, 5.41) is 0.251. The standard InChI is InChI=1S/C50H48N2S/c1-36-17-14-21-41(51-33-16-20-39-18-10-12-27-46(39)51)31-30-37(2)49(36)53(42-22-6-4-7-23-42,43-24-8-5-9-25-43)50-38(3)35-45-44(50)26-15-29-48(45)52-34-32-40-19-11-13-28-47(40)52/h4-15,17-19,21-30,35,49-50H,1,16,20,31-34H2,2-3H3/b17-14-,37-30-,41-21+. The first-order valence-electron chi connectivity index (χ1n) is 19.2. The summed E-state index contributed by atoms with van der Waals surface area (Å²) in [6.45, 7) is 11.8. The molecule has 53 heavy (non-hydrogen) atoms. The van der Waals surface area contributed by atoms with E-state index in [9.17, 15) is 0 Å². The van der Waals surface area contributed by atoms with Crippen molar-refractivity contribution in [3.05, 3.63) is 203 Å². The maximum atomic E-state index is 4.96. The fraction of sp³-hybridized carbons (Fsp3) is 0.200. The minimum Gasteiger partial charge on any atom is -0.345 e. The highest BCUT2D eigenvalue weighted by Gasteiger charge is 2.48. The monoisotopic (exact) mass is 708 g/mol. The van der Waals surface area contributed by atoms with E-state index in [1.807, 2.05) is 0 Å². The quantitative estimate of drug-likeness (QED) is 0.162. The van der Waals surface area contributed by atoms with E-state index in [1.165, 1.54) is 77.9 Å². The van der Waals surface area contributed by atoms with Gasteiger partial charge in [-0.1, -0.05) is 127 Å². The number of fused-ring (bicyclic) bond motifs is 3. The van der Waals surface area contributed by atoms with Crippen molar-refractivity contribution in [1.82, 2.24) is 0 Å². The molecular weight excluding hydrogens is 661 g/mol. The second-order valence-corrected chi connectivity index (χ2v) is 18.2. The summed E-state index contributed by atoms with van der Waals surface area (Å²) in [6.07, 6.45) is 16.3. The van der Waals surface area contributed by atoms with Crippen molar-refractivity contribution in [2.75, 3.05) is 22.9 Å². The van der Waals surface area contributed by atoms with Crippen LogP contribution in [0.25, 0.3) is 6.08 Å². The molecule has 0 amide bonds. The Balaban J connectivity index is 1.23. The Morgan fingerprint density at radius 2 is 1.23 bits per heavy atom. The van der Waals surface area contributed by atoms with E-state index < -0.39 is 10.0 Å². The third-order valence-corrected chi connectivity index (χ3v) is 16.7. The van der Waals surface area contributed by atoms with Gasteiger partial charge in [-0.25, -0.2) is 0 Å². The van der Waals surface area contributed by atoms with Crippen LogP contribution in [0.1, 0.15) is 54.2 Å². The lowest BCUT2D eigenvalue weighted by atomic mass is 10.00. The van der Waals surface area contributed by atoms with Gasteiger partial charge in [0.05, 0.1) is 0 Å². The number of benzene rings is 5. The predicted octanol–water partition coefficient (Wildman–Crippen LogP) is 12.9. The first-order chi connectivity index (χ1) is 26.1. The Morgan fingerprint density at radius 3 is 1.94 bits per heavy atom. The van der Waals surface area contributed by atoms with Crippen LogP contribution in [0.2, 0.25) is 0 Å². The van der Waals surface area contributed by atoms with E-state index in [0.29, 0.717) is 0 Å². The van der Waals surface area contributed by atoms with Crippen molar-refractivity contribution in [2.24, 2.45) is 0 Å². The predicted molar refractivity (Wildman–Crippen MR) is 228 cm³/mol. The number of hydrogen-bond acceptors (Lipinski definition) is 2. The number of nitrogens with zero attached hydrogens (tertiary/aromatic N) is 2. The fourth-order valence-electron chi connectivity index (χ4n) is 9.60. The number of rotatable bonds is 6. The third kappa shape index (κ3) is 5.65. The lowest BCUT2D eigenvalue weighted by Crippen LogP contribution is -2.29. The molecule has 2 heterocycles. The van der Waals surface area contributed by atoms with E-state index in [4.69, 9.17) is 6.58 Å². The largest absolute Gasteiger partial charge is 0.345 e. The number of allylic oxidation sites excluding steroid dienone is 4. The lowest BCUT2D eigenvalue weighted by Gasteiger charge is -2.53. The van der Waals surface area contributed by atoms with Crippen molar-refractivity contribution in [2.45, 2.75) is 59.8 Å². The molecule has 2 aliphatic heterocycles. The van der Waals surface area contributed by atoms with Gasteiger partial charge in [-0.3, -0.25) is 0 Å². The van der Waals surface area contributed by atoms with Crippen molar-refractivity contribution >= 4 is 33.2 Å². The second-order valence-electron chi connectivity index (χ2n) is 14.9. The summed E-state index contributed by atoms with van der Waals surface area (Å²) < 4.78 is 0. The Hall–Kier alpha value is -5.25. The molecule has 2 aliphatic carbocycles. The van der Waals surface area contributed by atoms with Crippen molar-refractivity contribution in [3.8, 4) is 0 Å². The Kier molecular flexibility index (Phi) is 8.84. The first-order valence-corrected chi connectivity index (χ1v) is 21.0.